The molecule has 18 heavy (non-hydrogen) atoms. The van der Waals surface area contributed by atoms with Crippen LogP contribution in [0.25, 0.3) is 0 Å². The second kappa shape index (κ2) is 7.94. The lowest BCUT2D eigenvalue weighted by Gasteiger charge is -2.07. The summed E-state index contributed by atoms with van der Waals surface area (Å²) in [5.41, 5.74) is 6.26. The Balaban J connectivity index is 2.34. The van der Waals surface area contributed by atoms with Crippen LogP contribution in [0.4, 0.5) is 0 Å². The molecule has 1 aromatic rings. The number of carbonyl (C=O) groups is 1. The molecule has 4 nitrogen and oxygen atoms in total. The molecule has 1 rings (SSSR count). The number of nitrogens with one attached hydrogen (secondary N) is 1. The van der Waals surface area contributed by atoms with Crippen molar-refractivity contribution < 1.29 is 9.53 Å². The van der Waals surface area contributed by atoms with Crippen LogP contribution in [0.1, 0.15) is 5.56 Å². The predicted octanol–water partition coefficient (Wildman–Crippen LogP) is 1.18. The van der Waals surface area contributed by atoms with Gasteiger partial charge in [0.15, 0.2) is 6.61 Å². The van der Waals surface area contributed by atoms with Gasteiger partial charge in [-0.05, 0) is 30.5 Å². The Morgan fingerprint density at radius 1 is 1.44 bits per heavy atom. The molecule has 0 spiro atoms. The predicted molar refractivity (Wildman–Crippen MR) is 79.2 cm³/mol. The lowest BCUT2D eigenvalue weighted by atomic mass is 10.2. The molecule has 1 amide bonds. The molecule has 0 radical (unpaired) electrons. The van der Waals surface area contributed by atoms with E-state index in [1.165, 1.54) is 0 Å². The molecule has 0 unspecified atom stereocenters. The van der Waals surface area contributed by atoms with Crippen molar-refractivity contribution in [1.29, 1.82) is 0 Å². The van der Waals surface area contributed by atoms with Gasteiger partial charge in [-0.15, -0.1) is 0 Å². The highest BCUT2D eigenvalue weighted by Crippen LogP contribution is 2.11. The van der Waals surface area contributed by atoms with Crippen LogP contribution in [0, 0.1) is 0 Å². The first kappa shape index (κ1) is 14.8. The lowest BCUT2D eigenvalue weighted by Crippen LogP contribution is -2.30. The van der Waals surface area contributed by atoms with Gasteiger partial charge in [-0.1, -0.05) is 12.2 Å². The van der Waals surface area contributed by atoms with Gasteiger partial charge in [-0.25, -0.2) is 0 Å². The minimum absolute atomic E-state index is 0.0147. The standard InChI is InChI=1S/C12H16N2O2S2/c1-18-7-6-14-11(15)8-16-10-4-2-9(3-5-10)12(13)17/h2-5H,6-8H2,1H3,(H2,13,17)(H,14,15). The summed E-state index contributed by atoms with van der Waals surface area (Å²) in [6, 6.07) is 7.01. The Kier molecular flexibility index (Phi) is 6.53. The molecular weight excluding hydrogens is 268 g/mol. The molecule has 0 aliphatic heterocycles. The van der Waals surface area contributed by atoms with Gasteiger partial charge in [0.1, 0.15) is 10.7 Å². The van der Waals surface area contributed by atoms with E-state index in [1.54, 1.807) is 36.0 Å². The van der Waals surface area contributed by atoms with E-state index in [9.17, 15) is 4.79 Å². The first-order valence-electron chi connectivity index (χ1n) is 5.42. The van der Waals surface area contributed by atoms with Crippen molar-refractivity contribution in [3.05, 3.63) is 29.8 Å². The number of nitrogens with two attached hydrogens (primary N) is 1. The second-order valence-corrected chi connectivity index (χ2v) is 4.95. The lowest BCUT2D eigenvalue weighted by molar-refractivity contribution is -0.122. The summed E-state index contributed by atoms with van der Waals surface area (Å²) in [6.45, 7) is 0.671. The van der Waals surface area contributed by atoms with Crippen molar-refractivity contribution in [2.24, 2.45) is 5.73 Å². The van der Waals surface area contributed by atoms with Crippen LogP contribution < -0.4 is 15.8 Å². The van der Waals surface area contributed by atoms with Crippen LogP contribution in [-0.2, 0) is 4.79 Å². The van der Waals surface area contributed by atoms with Crippen molar-refractivity contribution in [3.63, 3.8) is 0 Å². The molecule has 1 aromatic carbocycles. The number of hydrogen-bond acceptors (Lipinski definition) is 4. The van der Waals surface area contributed by atoms with E-state index >= 15 is 0 Å². The molecule has 98 valence electrons. The number of amides is 1. The van der Waals surface area contributed by atoms with Crippen molar-refractivity contribution >= 4 is 34.9 Å². The van der Waals surface area contributed by atoms with E-state index < -0.39 is 0 Å². The largest absolute Gasteiger partial charge is 0.484 e. The van der Waals surface area contributed by atoms with E-state index in [-0.39, 0.29) is 12.5 Å². The average Bonchev–Trinajstić information content (AvgIpc) is 2.37. The summed E-state index contributed by atoms with van der Waals surface area (Å²) in [5, 5.41) is 2.76. The number of rotatable bonds is 7. The Morgan fingerprint density at radius 2 is 2.11 bits per heavy atom. The maximum absolute atomic E-state index is 11.4. The fourth-order valence-electron chi connectivity index (χ4n) is 1.21. The van der Waals surface area contributed by atoms with Gasteiger partial charge in [-0.2, -0.15) is 11.8 Å². The van der Waals surface area contributed by atoms with E-state index in [0.29, 0.717) is 17.3 Å². The first-order chi connectivity index (χ1) is 8.63. The molecule has 0 saturated heterocycles. The molecule has 0 fully saturated rings. The van der Waals surface area contributed by atoms with Gasteiger partial charge in [0.25, 0.3) is 5.91 Å². The number of carbonyl (C=O) groups excluding carboxylic acids is 1. The molecule has 0 aliphatic rings. The zero-order valence-corrected chi connectivity index (χ0v) is 11.8. The van der Waals surface area contributed by atoms with Crippen LogP contribution in [0.3, 0.4) is 0 Å². The van der Waals surface area contributed by atoms with E-state index in [0.717, 1.165) is 11.3 Å². The van der Waals surface area contributed by atoms with Crippen molar-refractivity contribution in [3.8, 4) is 5.75 Å². The zero-order chi connectivity index (χ0) is 13.4. The first-order valence-corrected chi connectivity index (χ1v) is 7.22. The van der Waals surface area contributed by atoms with Crippen LogP contribution in [-0.4, -0.2) is 36.1 Å². The third kappa shape index (κ3) is 5.37. The highest BCUT2D eigenvalue weighted by Gasteiger charge is 2.02. The molecule has 0 aromatic heterocycles. The van der Waals surface area contributed by atoms with Crippen molar-refractivity contribution in [2.45, 2.75) is 0 Å². The Labute approximate surface area is 116 Å². The average molecular weight is 284 g/mol. The van der Waals surface area contributed by atoms with Gasteiger partial charge >= 0.3 is 0 Å². The maximum Gasteiger partial charge on any atom is 0.257 e. The Bertz CT molecular complexity index is 407. The molecular formula is C12H16N2O2S2. The van der Waals surface area contributed by atoms with E-state index in [1.807, 2.05) is 6.26 Å². The van der Waals surface area contributed by atoms with E-state index in [2.05, 4.69) is 5.32 Å². The van der Waals surface area contributed by atoms with Crippen LogP contribution in [0.2, 0.25) is 0 Å². The highest BCUT2D eigenvalue weighted by atomic mass is 32.2. The summed E-state index contributed by atoms with van der Waals surface area (Å²) in [4.78, 5) is 11.7. The fourth-order valence-corrected chi connectivity index (χ4v) is 1.65. The Morgan fingerprint density at radius 3 is 2.67 bits per heavy atom. The van der Waals surface area contributed by atoms with Crippen LogP contribution in [0.15, 0.2) is 24.3 Å². The smallest absolute Gasteiger partial charge is 0.257 e. The van der Waals surface area contributed by atoms with Gasteiger partial charge in [0, 0.05) is 17.9 Å². The minimum Gasteiger partial charge on any atom is -0.484 e. The number of hydrogen-bond donors (Lipinski definition) is 2. The number of thioether (sulfide) groups is 1. The van der Waals surface area contributed by atoms with Gasteiger partial charge in [0.2, 0.25) is 0 Å². The summed E-state index contributed by atoms with van der Waals surface area (Å²) in [5.74, 6) is 1.39. The molecule has 0 aliphatic carbocycles. The molecule has 3 N–H and O–H groups in total. The molecule has 0 atom stereocenters. The summed E-state index contributed by atoms with van der Waals surface area (Å²) in [7, 11) is 0. The fraction of sp³-hybridized carbons (Fsp3) is 0.333. The van der Waals surface area contributed by atoms with Crippen molar-refractivity contribution in [1.82, 2.24) is 5.32 Å². The zero-order valence-electron chi connectivity index (χ0n) is 10.1. The van der Waals surface area contributed by atoms with Gasteiger partial charge in [-0.3, -0.25) is 4.79 Å². The maximum atomic E-state index is 11.4. The third-order valence-electron chi connectivity index (χ3n) is 2.14. The molecule has 0 saturated carbocycles. The van der Waals surface area contributed by atoms with Crippen LogP contribution in [0.5, 0.6) is 5.75 Å². The molecule has 0 bridgehead atoms. The number of thiocarbonyl (C=S) groups is 1. The third-order valence-corrected chi connectivity index (χ3v) is 2.99. The minimum atomic E-state index is -0.123. The topological polar surface area (TPSA) is 64.3 Å². The number of ether oxygens (including phenoxy) is 1. The monoisotopic (exact) mass is 284 g/mol. The van der Waals surface area contributed by atoms with E-state index in [4.69, 9.17) is 22.7 Å². The van der Waals surface area contributed by atoms with Crippen molar-refractivity contribution in [2.75, 3.05) is 25.2 Å². The summed E-state index contributed by atoms with van der Waals surface area (Å²) < 4.78 is 5.33. The van der Waals surface area contributed by atoms with Gasteiger partial charge in [0.05, 0.1) is 0 Å². The highest BCUT2D eigenvalue weighted by molar-refractivity contribution is 7.98. The second-order valence-electron chi connectivity index (χ2n) is 3.52. The number of benzene rings is 1. The molecule has 0 heterocycles. The summed E-state index contributed by atoms with van der Waals surface area (Å²) in [6.07, 6.45) is 1.99. The quantitative estimate of drug-likeness (QED) is 0.581. The normalized spacial score (nSPS) is 9.83. The Hall–Kier alpha value is -1.27. The SMILES string of the molecule is CSCCNC(=O)COc1ccc(C(N)=S)cc1. The van der Waals surface area contributed by atoms with Gasteiger partial charge < -0.3 is 15.8 Å². The summed E-state index contributed by atoms with van der Waals surface area (Å²) >= 11 is 6.52. The van der Waals surface area contributed by atoms with Crippen LogP contribution >= 0.6 is 24.0 Å². The molecule has 6 heteroatoms.